The molecule has 7 nitrogen and oxygen atoms in total. The van der Waals surface area contributed by atoms with Crippen LogP contribution in [-0.4, -0.2) is 32.1 Å². The second kappa shape index (κ2) is 7.75. The number of carbonyl (C=O) groups is 3. The van der Waals surface area contributed by atoms with E-state index < -0.39 is 17.8 Å². The number of nitrogens with one attached hydrogen (secondary N) is 1. The summed E-state index contributed by atoms with van der Waals surface area (Å²) >= 11 is 0. The molecule has 25 heavy (non-hydrogen) atoms. The number of nitriles is 1. The number of hydrogen-bond donors (Lipinski definition) is 1. The highest BCUT2D eigenvalue weighted by atomic mass is 16.5. The molecule has 0 fully saturated rings. The summed E-state index contributed by atoms with van der Waals surface area (Å²) in [6.07, 6.45) is 0. The van der Waals surface area contributed by atoms with E-state index in [1.54, 1.807) is 0 Å². The molecule has 0 heterocycles. The lowest BCUT2D eigenvalue weighted by Gasteiger charge is -2.09. The fourth-order valence-corrected chi connectivity index (χ4v) is 2.07. The van der Waals surface area contributed by atoms with Gasteiger partial charge in [-0.05, 0) is 42.5 Å². The normalized spacial score (nSPS) is 9.64. The van der Waals surface area contributed by atoms with Crippen molar-refractivity contribution in [3.8, 4) is 6.07 Å². The monoisotopic (exact) mass is 338 g/mol. The van der Waals surface area contributed by atoms with Gasteiger partial charge in [0.15, 0.2) is 0 Å². The van der Waals surface area contributed by atoms with Crippen LogP contribution in [-0.2, 0) is 9.47 Å². The van der Waals surface area contributed by atoms with E-state index in [4.69, 9.17) is 5.26 Å². The third-order valence-electron chi connectivity index (χ3n) is 3.31. The third-order valence-corrected chi connectivity index (χ3v) is 3.31. The summed E-state index contributed by atoms with van der Waals surface area (Å²) in [6, 6.07) is 12.1. The summed E-state index contributed by atoms with van der Waals surface area (Å²) < 4.78 is 9.28. The van der Waals surface area contributed by atoms with Crippen LogP contribution < -0.4 is 5.32 Å². The first kappa shape index (κ1) is 17.7. The molecule has 2 rings (SSSR count). The van der Waals surface area contributed by atoms with Crippen LogP contribution in [0.4, 0.5) is 5.69 Å². The van der Waals surface area contributed by atoms with E-state index in [0.29, 0.717) is 11.1 Å². The zero-order chi connectivity index (χ0) is 18.4. The summed E-state index contributed by atoms with van der Waals surface area (Å²) in [5.41, 5.74) is 1.18. The number of anilines is 1. The van der Waals surface area contributed by atoms with Gasteiger partial charge in [0.2, 0.25) is 0 Å². The lowest BCUT2D eigenvalue weighted by atomic mass is 10.1. The number of benzene rings is 2. The standard InChI is InChI=1S/C18H14N2O5/c1-24-17(22)13-7-14(18(23)25-2)9-15(8-13)20-16(21)12-5-3-11(10-19)4-6-12/h3-9H,1-2H3,(H,20,21). The molecular weight excluding hydrogens is 324 g/mol. The first-order chi connectivity index (χ1) is 12.0. The molecule has 0 bridgehead atoms. The van der Waals surface area contributed by atoms with Crippen molar-refractivity contribution in [3.63, 3.8) is 0 Å². The zero-order valence-electron chi connectivity index (χ0n) is 13.5. The summed E-state index contributed by atoms with van der Waals surface area (Å²) in [5, 5.41) is 11.4. The number of hydrogen-bond acceptors (Lipinski definition) is 6. The molecule has 0 aromatic heterocycles. The lowest BCUT2D eigenvalue weighted by molar-refractivity contribution is 0.0599. The Kier molecular flexibility index (Phi) is 5.48. The molecule has 0 saturated heterocycles. The molecule has 7 heteroatoms. The summed E-state index contributed by atoms with van der Waals surface area (Å²) in [6.45, 7) is 0. The van der Waals surface area contributed by atoms with Gasteiger partial charge in [-0.3, -0.25) is 4.79 Å². The minimum atomic E-state index is -0.653. The second-order valence-corrected chi connectivity index (χ2v) is 4.93. The number of esters is 2. The van der Waals surface area contributed by atoms with E-state index in [9.17, 15) is 14.4 Å². The summed E-state index contributed by atoms with van der Waals surface area (Å²) in [5.74, 6) is -1.76. The Morgan fingerprint density at radius 2 is 1.40 bits per heavy atom. The lowest BCUT2D eigenvalue weighted by Crippen LogP contribution is -2.14. The fraction of sp³-hybridized carbons (Fsp3) is 0.111. The van der Waals surface area contributed by atoms with Crippen molar-refractivity contribution >= 4 is 23.5 Å². The molecule has 1 amide bonds. The molecule has 126 valence electrons. The van der Waals surface area contributed by atoms with Crippen molar-refractivity contribution in [1.29, 1.82) is 5.26 Å². The van der Waals surface area contributed by atoms with E-state index in [0.717, 1.165) is 0 Å². The third kappa shape index (κ3) is 4.20. The van der Waals surface area contributed by atoms with Gasteiger partial charge in [0.1, 0.15) is 0 Å². The van der Waals surface area contributed by atoms with E-state index >= 15 is 0 Å². The van der Waals surface area contributed by atoms with Gasteiger partial charge in [-0.15, -0.1) is 0 Å². The largest absolute Gasteiger partial charge is 0.465 e. The topological polar surface area (TPSA) is 105 Å². The van der Waals surface area contributed by atoms with Gasteiger partial charge < -0.3 is 14.8 Å². The van der Waals surface area contributed by atoms with Crippen LogP contribution in [0, 0.1) is 11.3 Å². The van der Waals surface area contributed by atoms with Crippen LogP contribution in [0.25, 0.3) is 0 Å². The molecule has 0 spiro atoms. The molecule has 0 saturated carbocycles. The quantitative estimate of drug-likeness (QED) is 0.858. The first-order valence-corrected chi connectivity index (χ1v) is 7.11. The van der Waals surface area contributed by atoms with Gasteiger partial charge in [-0.2, -0.15) is 5.26 Å². The van der Waals surface area contributed by atoms with Crippen LogP contribution in [0.1, 0.15) is 36.6 Å². The second-order valence-electron chi connectivity index (χ2n) is 4.93. The molecule has 0 aliphatic rings. The Balaban J connectivity index is 2.33. The molecule has 0 aliphatic carbocycles. The highest BCUT2D eigenvalue weighted by Crippen LogP contribution is 2.18. The molecule has 2 aromatic carbocycles. The summed E-state index contributed by atoms with van der Waals surface area (Å²) in [4.78, 5) is 35.8. The maximum Gasteiger partial charge on any atom is 0.337 e. The summed E-state index contributed by atoms with van der Waals surface area (Å²) in [7, 11) is 2.42. The maximum absolute atomic E-state index is 12.3. The highest BCUT2D eigenvalue weighted by molar-refractivity contribution is 6.06. The molecule has 0 atom stereocenters. The van der Waals surface area contributed by atoms with Crippen molar-refractivity contribution in [2.75, 3.05) is 19.5 Å². The van der Waals surface area contributed by atoms with Crippen molar-refractivity contribution in [2.45, 2.75) is 0 Å². The van der Waals surface area contributed by atoms with Gasteiger partial charge >= 0.3 is 11.9 Å². The van der Waals surface area contributed by atoms with Crippen LogP contribution in [0.5, 0.6) is 0 Å². The minimum Gasteiger partial charge on any atom is -0.465 e. The number of methoxy groups -OCH3 is 2. The van der Waals surface area contributed by atoms with Gasteiger partial charge in [0, 0.05) is 11.3 Å². The molecule has 0 unspecified atom stereocenters. The van der Waals surface area contributed by atoms with Crippen LogP contribution in [0.3, 0.4) is 0 Å². The SMILES string of the molecule is COC(=O)c1cc(NC(=O)c2ccc(C#N)cc2)cc(C(=O)OC)c1. The van der Waals surface area contributed by atoms with Gasteiger partial charge in [0.05, 0.1) is 37.0 Å². The molecular formula is C18H14N2O5. The predicted molar refractivity (Wildman–Crippen MR) is 88.2 cm³/mol. The highest BCUT2D eigenvalue weighted by Gasteiger charge is 2.15. The molecule has 0 radical (unpaired) electrons. The Morgan fingerprint density at radius 3 is 1.84 bits per heavy atom. The molecule has 2 aromatic rings. The predicted octanol–water partition coefficient (Wildman–Crippen LogP) is 2.38. The van der Waals surface area contributed by atoms with Crippen LogP contribution in [0.15, 0.2) is 42.5 Å². The molecule has 1 N–H and O–H groups in total. The van der Waals surface area contributed by atoms with Gasteiger partial charge in [-0.25, -0.2) is 9.59 Å². The number of amides is 1. The Bertz CT molecular complexity index is 832. The van der Waals surface area contributed by atoms with E-state index in [2.05, 4.69) is 14.8 Å². The molecule has 0 aliphatic heterocycles. The van der Waals surface area contributed by atoms with Crippen molar-refractivity contribution in [2.24, 2.45) is 0 Å². The van der Waals surface area contributed by atoms with E-state index in [1.165, 1.54) is 56.7 Å². The number of nitrogens with zero attached hydrogens (tertiary/aromatic N) is 1. The number of carbonyl (C=O) groups excluding carboxylic acids is 3. The van der Waals surface area contributed by atoms with Gasteiger partial charge in [0.25, 0.3) is 5.91 Å². The average molecular weight is 338 g/mol. The van der Waals surface area contributed by atoms with Crippen molar-refractivity contribution < 1.29 is 23.9 Å². The fourth-order valence-electron chi connectivity index (χ4n) is 2.07. The average Bonchev–Trinajstić information content (AvgIpc) is 2.66. The van der Waals surface area contributed by atoms with Crippen molar-refractivity contribution in [3.05, 3.63) is 64.7 Å². The Hall–Kier alpha value is -3.66. The first-order valence-electron chi connectivity index (χ1n) is 7.11. The smallest absolute Gasteiger partial charge is 0.337 e. The zero-order valence-corrected chi connectivity index (χ0v) is 13.5. The maximum atomic E-state index is 12.3. The Labute approximate surface area is 143 Å². The van der Waals surface area contributed by atoms with Gasteiger partial charge in [-0.1, -0.05) is 0 Å². The minimum absolute atomic E-state index is 0.0977. The Morgan fingerprint density at radius 1 is 0.880 bits per heavy atom. The van der Waals surface area contributed by atoms with E-state index in [-0.39, 0.29) is 16.8 Å². The van der Waals surface area contributed by atoms with Crippen molar-refractivity contribution in [1.82, 2.24) is 0 Å². The number of rotatable bonds is 4. The van der Waals surface area contributed by atoms with Crippen LogP contribution in [0.2, 0.25) is 0 Å². The number of ether oxygens (including phenoxy) is 2. The van der Waals surface area contributed by atoms with E-state index in [1.807, 2.05) is 6.07 Å². The van der Waals surface area contributed by atoms with Crippen LogP contribution >= 0.6 is 0 Å².